The van der Waals surface area contributed by atoms with Crippen LogP contribution < -0.4 is 4.90 Å². The standard InChI is InChI=1S/C19H18N2O6/c22-16(8-9-18(24)25)20(12-14-7-4-10-27-14)15-11-17(23)21(19(15)26)13-5-2-1-3-6-13/h1-7,10,15H,8-9,11-12H2,(H,24,25)/t15-/m0/s1. The summed E-state index contributed by atoms with van der Waals surface area (Å²) in [6.07, 6.45) is 0.657. The molecule has 1 aromatic carbocycles. The number of hydrogen-bond donors (Lipinski definition) is 1. The van der Waals surface area contributed by atoms with Crippen LogP contribution in [0.3, 0.4) is 0 Å². The normalized spacial score (nSPS) is 16.6. The number of rotatable bonds is 7. The number of carboxylic acid groups (broad SMARTS) is 1. The molecule has 2 aromatic rings. The number of aliphatic carboxylic acids is 1. The third-order valence-corrected chi connectivity index (χ3v) is 4.29. The van der Waals surface area contributed by atoms with Gasteiger partial charge in [-0.2, -0.15) is 0 Å². The molecule has 0 saturated carbocycles. The molecule has 1 saturated heterocycles. The van der Waals surface area contributed by atoms with Crippen molar-refractivity contribution in [2.45, 2.75) is 31.8 Å². The zero-order chi connectivity index (χ0) is 19.4. The van der Waals surface area contributed by atoms with Gasteiger partial charge in [0.25, 0.3) is 5.91 Å². The number of para-hydroxylation sites is 1. The predicted octanol–water partition coefficient (Wildman–Crippen LogP) is 1.81. The van der Waals surface area contributed by atoms with Crippen LogP contribution in [-0.4, -0.2) is 39.7 Å². The summed E-state index contributed by atoms with van der Waals surface area (Å²) in [5.74, 6) is -2.11. The Bertz CT molecular complexity index is 846. The first-order chi connectivity index (χ1) is 13.0. The highest BCUT2D eigenvalue weighted by molar-refractivity contribution is 6.23. The highest BCUT2D eigenvalue weighted by Gasteiger charge is 2.44. The summed E-state index contributed by atoms with van der Waals surface area (Å²) in [5, 5.41) is 8.83. The Hall–Kier alpha value is -3.42. The van der Waals surface area contributed by atoms with Crippen molar-refractivity contribution < 1.29 is 28.7 Å². The highest BCUT2D eigenvalue weighted by Crippen LogP contribution is 2.27. The fourth-order valence-corrected chi connectivity index (χ4v) is 3.01. The molecule has 0 spiro atoms. The third kappa shape index (κ3) is 4.05. The van der Waals surface area contributed by atoms with Crippen LogP contribution >= 0.6 is 0 Å². The maximum absolute atomic E-state index is 12.9. The fourth-order valence-electron chi connectivity index (χ4n) is 3.01. The molecular weight excluding hydrogens is 352 g/mol. The van der Waals surface area contributed by atoms with Crippen LogP contribution in [0.4, 0.5) is 5.69 Å². The van der Waals surface area contributed by atoms with E-state index >= 15 is 0 Å². The van der Waals surface area contributed by atoms with E-state index in [0.717, 1.165) is 4.90 Å². The number of amides is 3. The molecule has 1 aliphatic heterocycles. The molecule has 0 radical (unpaired) electrons. The molecule has 3 amide bonds. The van der Waals surface area contributed by atoms with Gasteiger partial charge in [-0.15, -0.1) is 0 Å². The second-order valence-corrected chi connectivity index (χ2v) is 6.12. The zero-order valence-electron chi connectivity index (χ0n) is 14.4. The van der Waals surface area contributed by atoms with Crippen molar-refractivity contribution >= 4 is 29.4 Å². The largest absolute Gasteiger partial charge is 0.481 e. The van der Waals surface area contributed by atoms with E-state index in [1.807, 2.05) is 0 Å². The van der Waals surface area contributed by atoms with Crippen LogP contribution in [-0.2, 0) is 25.7 Å². The second-order valence-electron chi connectivity index (χ2n) is 6.12. The smallest absolute Gasteiger partial charge is 0.303 e. The van der Waals surface area contributed by atoms with Crippen molar-refractivity contribution in [3.63, 3.8) is 0 Å². The quantitative estimate of drug-likeness (QED) is 0.745. The van der Waals surface area contributed by atoms with E-state index in [1.54, 1.807) is 42.5 Å². The van der Waals surface area contributed by atoms with Gasteiger partial charge in [-0.05, 0) is 24.3 Å². The molecule has 1 fully saturated rings. The van der Waals surface area contributed by atoms with Crippen molar-refractivity contribution in [3.05, 3.63) is 54.5 Å². The van der Waals surface area contributed by atoms with Crippen molar-refractivity contribution in [2.24, 2.45) is 0 Å². The minimum atomic E-state index is -1.11. The SMILES string of the molecule is O=C(O)CCC(=O)N(Cc1ccco1)[C@H]1CC(=O)N(c2ccccc2)C1=O. The first kappa shape index (κ1) is 18.4. The van der Waals surface area contributed by atoms with Crippen LogP contribution in [0.1, 0.15) is 25.0 Å². The van der Waals surface area contributed by atoms with Gasteiger partial charge in [0.2, 0.25) is 11.8 Å². The number of nitrogens with zero attached hydrogens (tertiary/aromatic N) is 2. The summed E-state index contributed by atoms with van der Waals surface area (Å²) in [6.45, 7) is -0.0161. The van der Waals surface area contributed by atoms with Crippen LogP contribution in [0.25, 0.3) is 0 Å². The number of benzene rings is 1. The molecule has 1 N–H and O–H groups in total. The topological polar surface area (TPSA) is 108 Å². The number of carboxylic acids is 1. The number of furan rings is 1. The van der Waals surface area contributed by atoms with Crippen molar-refractivity contribution in [3.8, 4) is 0 Å². The average Bonchev–Trinajstić information content (AvgIpc) is 3.26. The fraction of sp³-hybridized carbons (Fsp3) is 0.263. The van der Waals surface area contributed by atoms with Crippen LogP contribution in [0, 0.1) is 0 Å². The minimum absolute atomic E-state index is 0.0161. The molecular formula is C19H18N2O6. The molecule has 3 rings (SSSR count). The minimum Gasteiger partial charge on any atom is -0.481 e. The Morgan fingerprint density at radius 3 is 2.48 bits per heavy atom. The van der Waals surface area contributed by atoms with Gasteiger partial charge in [0, 0.05) is 6.42 Å². The van der Waals surface area contributed by atoms with Gasteiger partial charge in [-0.3, -0.25) is 19.2 Å². The summed E-state index contributed by atoms with van der Waals surface area (Å²) in [7, 11) is 0. The molecule has 8 heteroatoms. The lowest BCUT2D eigenvalue weighted by Gasteiger charge is -2.26. The first-order valence-electron chi connectivity index (χ1n) is 8.43. The van der Waals surface area contributed by atoms with Crippen LogP contribution in [0.5, 0.6) is 0 Å². The molecule has 1 aliphatic rings. The monoisotopic (exact) mass is 370 g/mol. The second kappa shape index (κ2) is 7.86. The van der Waals surface area contributed by atoms with E-state index in [1.165, 1.54) is 11.2 Å². The van der Waals surface area contributed by atoms with E-state index in [-0.39, 0.29) is 25.8 Å². The maximum Gasteiger partial charge on any atom is 0.303 e. The summed E-state index contributed by atoms with van der Waals surface area (Å²) >= 11 is 0. The molecule has 0 unspecified atom stereocenters. The Kier molecular flexibility index (Phi) is 5.35. The zero-order valence-corrected chi connectivity index (χ0v) is 14.4. The van der Waals surface area contributed by atoms with E-state index < -0.39 is 29.7 Å². The predicted molar refractivity (Wildman–Crippen MR) is 93.5 cm³/mol. The average molecular weight is 370 g/mol. The van der Waals surface area contributed by atoms with Gasteiger partial charge in [-0.25, -0.2) is 4.90 Å². The van der Waals surface area contributed by atoms with Gasteiger partial charge >= 0.3 is 5.97 Å². The molecule has 27 heavy (non-hydrogen) atoms. The van der Waals surface area contributed by atoms with Gasteiger partial charge in [-0.1, -0.05) is 18.2 Å². The molecule has 1 atom stereocenters. The first-order valence-corrected chi connectivity index (χ1v) is 8.43. The summed E-state index contributed by atoms with van der Waals surface area (Å²) < 4.78 is 5.25. The highest BCUT2D eigenvalue weighted by atomic mass is 16.4. The van der Waals surface area contributed by atoms with E-state index in [4.69, 9.17) is 9.52 Å². The van der Waals surface area contributed by atoms with Gasteiger partial charge in [0.1, 0.15) is 11.8 Å². The van der Waals surface area contributed by atoms with Crippen molar-refractivity contribution in [1.82, 2.24) is 4.90 Å². The lowest BCUT2D eigenvalue weighted by Crippen LogP contribution is -2.45. The maximum atomic E-state index is 12.9. The van der Waals surface area contributed by atoms with Crippen LogP contribution in [0.2, 0.25) is 0 Å². The van der Waals surface area contributed by atoms with Gasteiger partial charge in [0.15, 0.2) is 0 Å². The van der Waals surface area contributed by atoms with Crippen LogP contribution in [0.15, 0.2) is 53.1 Å². The molecule has 8 nitrogen and oxygen atoms in total. The van der Waals surface area contributed by atoms with E-state index in [9.17, 15) is 19.2 Å². The lowest BCUT2D eigenvalue weighted by atomic mass is 10.1. The number of hydrogen-bond acceptors (Lipinski definition) is 5. The van der Waals surface area contributed by atoms with Crippen molar-refractivity contribution in [1.29, 1.82) is 0 Å². The number of imide groups is 1. The number of carbonyl (C=O) groups is 4. The summed E-state index contributed by atoms with van der Waals surface area (Å²) in [5.41, 5.74) is 0.436. The molecule has 0 aliphatic carbocycles. The van der Waals surface area contributed by atoms with Gasteiger partial charge < -0.3 is 14.4 Å². The lowest BCUT2D eigenvalue weighted by molar-refractivity contribution is -0.143. The summed E-state index contributed by atoms with van der Waals surface area (Å²) in [6, 6.07) is 10.8. The molecule has 2 heterocycles. The molecule has 1 aromatic heterocycles. The third-order valence-electron chi connectivity index (χ3n) is 4.29. The van der Waals surface area contributed by atoms with Crippen molar-refractivity contribution in [2.75, 3.05) is 4.90 Å². The summed E-state index contributed by atoms with van der Waals surface area (Å²) in [4.78, 5) is 51.0. The number of anilines is 1. The Balaban J connectivity index is 1.85. The number of carbonyl (C=O) groups excluding carboxylic acids is 3. The van der Waals surface area contributed by atoms with E-state index in [2.05, 4.69) is 0 Å². The Morgan fingerprint density at radius 2 is 1.85 bits per heavy atom. The Labute approximate surface area is 155 Å². The van der Waals surface area contributed by atoms with E-state index in [0.29, 0.717) is 11.4 Å². The van der Waals surface area contributed by atoms with Gasteiger partial charge in [0.05, 0.1) is 31.3 Å². The Morgan fingerprint density at radius 1 is 1.11 bits per heavy atom. The molecule has 140 valence electrons. The molecule has 0 bridgehead atoms.